The lowest BCUT2D eigenvalue weighted by Gasteiger charge is -2.38. The minimum absolute atomic E-state index is 0.000926. The number of imidazole rings is 3. The lowest BCUT2D eigenvalue weighted by Crippen LogP contribution is -2.46. The van der Waals surface area contributed by atoms with Gasteiger partial charge in [0.2, 0.25) is 17.7 Å². The quantitative estimate of drug-likeness (QED) is 0.0260. The summed E-state index contributed by atoms with van der Waals surface area (Å²) in [4.78, 5) is 106. The number of H-pyrrole nitrogens is 2. The third kappa shape index (κ3) is 11.1. The number of fused-ring (bicyclic) bond motifs is 3. The van der Waals surface area contributed by atoms with Gasteiger partial charge < -0.3 is 93.9 Å². The number of methoxy groups -OCH3 is 2. The number of aliphatic hydroxyl groups excluding tert-OH is 3. The molecule has 11 N–H and O–H groups in total. The molecular formula is C33H42N15O23P4S-3. The summed E-state index contributed by atoms with van der Waals surface area (Å²) in [5.74, 6) is -0.689. The van der Waals surface area contributed by atoms with Crippen molar-refractivity contribution >= 4 is 93.2 Å². The number of hydrogen-bond donors (Lipinski definition) is 8. The molecule has 38 nitrogen and oxygen atoms in total. The first kappa shape index (κ1) is 56.0. The summed E-state index contributed by atoms with van der Waals surface area (Å²) in [5, 5.41) is 32.8. The van der Waals surface area contributed by atoms with E-state index in [1.54, 1.807) is 0 Å². The number of aryl methyl sites for hydroxylation is 1. The number of aromatic amines is 2. The van der Waals surface area contributed by atoms with E-state index in [4.69, 9.17) is 59.0 Å². The van der Waals surface area contributed by atoms with E-state index in [2.05, 4.69) is 60.3 Å². The standard InChI is InChI=1S/C33H45N15O23P4S/c1-45-10-48(26-16(45)28(53)44-33(36)42-26)30-19(51)20(61-2)12(67-30)5-64-73(56,57)70-75(60,76)71-74(58,59)65-6-13-21(22(62-3)31(68-13)46-8-39-14-23(34)37-7-38-24(14)46)69-72(54,55)63-4-11-17(49)18(50)29(66-11)47-9-40-15-25(47)41-32(35)43-27(15)52/h7-13,17-22,29-31,49-51H,4-6H2,1-3H3,(H11-,34,35,36,37,38,41,42,43,44,52,53,54,55,56,57,58,59,60,76)/p-3. The number of nitrogens with two attached hydrogens (primary N) is 3. The average molecular weight is 1170 g/mol. The minimum Gasteiger partial charge on any atom is -0.779 e. The van der Waals surface area contributed by atoms with Crippen LogP contribution in [0.5, 0.6) is 0 Å². The molecule has 0 aromatic carbocycles. The summed E-state index contributed by atoms with van der Waals surface area (Å²) in [6.45, 7) is -9.10. The number of phosphoric ester groups is 3. The van der Waals surface area contributed by atoms with Crippen LogP contribution in [0.4, 0.5) is 17.7 Å². The summed E-state index contributed by atoms with van der Waals surface area (Å²) >= 11 is 4.55. The maximum atomic E-state index is 13.6. The van der Waals surface area contributed by atoms with Gasteiger partial charge in [0.1, 0.15) is 73.5 Å². The van der Waals surface area contributed by atoms with E-state index < -0.39 is 135 Å². The Morgan fingerprint density at radius 1 is 0.711 bits per heavy atom. The number of rotatable bonds is 20. The van der Waals surface area contributed by atoms with E-state index in [1.807, 2.05) is 0 Å². The zero-order valence-electron chi connectivity index (χ0n) is 38.8. The summed E-state index contributed by atoms with van der Waals surface area (Å²) in [6.07, 6.45) is -14.8. The van der Waals surface area contributed by atoms with Gasteiger partial charge in [0.05, 0.1) is 39.5 Å². The van der Waals surface area contributed by atoms with Crippen LogP contribution in [0.25, 0.3) is 33.5 Å². The van der Waals surface area contributed by atoms with E-state index in [-0.39, 0.29) is 51.2 Å². The summed E-state index contributed by atoms with van der Waals surface area (Å²) < 4.78 is 102. The number of phosphoric acid groups is 3. The lowest BCUT2D eigenvalue weighted by atomic mass is 10.1. The number of hydrogen-bond acceptors (Lipinski definition) is 33. The smallest absolute Gasteiger partial charge is 0.313 e. The van der Waals surface area contributed by atoms with E-state index >= 15 is 0 Å². The lowest BCUT2D eigenvalue weighted by molar-refractivity contribution is -0.745. The van der Waals surface area contributed by atoms with Gasteiger partial charge in [-0.05, 0) is 0 Å². The molecule has 6 aromatic rings. The average Bonchev–Trinajstić information content (AvgIpc) is 4.18. The Balaban J connectivity index is 0.866. The van der Waals surface area contributed by atoms with Crippen molar-refractivity contribution in [1.82, 2.24) is 53.6 Å². The first-order chi connectivity index (χ1) is 35.7. The van der Waals surface area contributed by atoms with Gasteiger partial charge in [0, 0.05) is 14.2 Å². The molecule has 43 heteroatoms. The van der Waals surface area contributed by atoms with E-state index in [9.17, 15) is 58.2 Å². The topological polar surface area (TPSA) is 545 Å². The molecule has 0 aliphatic carbocycles. The fraction of sp³-hybridized carbons (Fsp3) is 0.545. The Kier molecular flexibility index (Phi) is 15.6. The van der Waals surface area contributed by atoms with Crippen LogP contribution >= 0.6 is 30.2 Å². The molecule has 0 radical (unpaired) electrons. The van der Waals surface area contributed by atoms with Gasteiger partial charge in [-0.15, -0.1) is 0 Å². The molecule has 0 saturated carbocycles. The van der Waals surface area contributed by atoms with E-state index in [0.29, 0.717) is 0 Å². The van der Waals surface area contributed by atoms with Crippen molar-refractivity contribution < 1.29 is 104 Å². The predicted molar refractivity (Wildman–Crippen MR) is 242 cm³/mol. The van der Waals surface area contributed by atoms with Crippen LogP contribution in [0.1, 0.15) is 18.7 Å². The number of aliphatic hydroxyl groups is 3. The van der Waals surface area contributed by atoms with Crippen LogP contribution in [0.15, 0.2) is 34.9 Å². The number of aromatic nitrogens is 12. The van der Waals surface area contributed by atoms with Gasteiger partial charge in [0.15, 0.2) is 41.4 Å². The fourth-order valence-electron chi connectivity index (χ4n) is 8.54. The highest BCUT2D eigenvalue weighted by atomic mass is 32.5. The largest absolute Gasteiger partial charge is 0.779 e. The molecule has 416 valence electrons. The zero-order valence-corrected chi connectivity index (χ0v) is 43.2. The molecule has 9 heterocycles. The van der Waals surface area contributed by atoms with Crippen LogP contribution in [0.2, 0.25) is 0 Å². The molecule has 3 saturated heterocycles. The van der Waals surface area contributed by atoms with Gasteiger partial charge in [-0.2, -0.15) is 4.98 Å². The fourth-order valence-corrected chi connectivity index (χ4v) is 14.3. The van der Waals surface area contributed by atoms with Crippen LogP contribution < -0.4 is 52.5 Å². The summed E-state index contributed by atoms with van der Waals surface area (Å²) in [5.41, 5.74) is 15.6. The van der Waals surface area contributed by atoms with Gasteiger partial charge >= 0.3 is 5.65 Å². The number of nitrogen functional groups attached to an aromatic ring is 3. The number of ether oxygens (including phenoxy) is 5. The molecule has 76 heavy (non-hydrogen) atoms. The van der Waals surface area contributed by atoms with Crippen molar-refractivity contribution in [2.75, 3.05) is 51.2 Å². The van der Waals surface area contributed by atoms with E-state index in [1.165, 1.54) is 27.1 Å². The molecule has 0 amide bonds. The van der Waals surface area contributed by atoms with Crippen molar-refractivity contribution in [2.45, 2.75) is 73.6 Å². The van der Waals surface area contributed by atoms with Crippen LogP contribution in [-0.2, 0) is 83.0 Å². The highest BCUT2D eigenvalue weighted by Gasteiger charge is 2.52. The molecule has 16 atom stereocenters. The third-order valence-electron chi connectivity index (χ3n) is 11.8. The molecule has 3 aliphatic heterocycles. The van der Waals surface area contributed by atoms with Gasteiger partial charge in [-0.3, -0.25) is 55.6 Å². The van der Waals surface area contributed by atoms with Crippen molar-refractivity contribution in [3.8, 4) is 0 Å². The second kappa shape index (κ2) is 21.1. The molecule has 9 rings (SSSR count). The van der Waals surface area contributed by atoms with Crippen molar-refractivity contribution in [1.29, 1.82) is 0 Å². The van der Waals surface area contributed by atoms with E-state index in [0.717, 1.165) is 37.8 Å². The second-order valence-corrected chi connectivity index (χ2v) is 23.8. The van der Waals surface area contributed by atoms with Crippen molar-refractivity contribution in [3.05, 3.63) is 46.0 Å². The summed E-state index contributed by atoms with van der Waals surface area (Å²) in [6, 6.07) is 0. The zero-order chi connectivity index (χ0) is 55.0. The molecule has 0 bridgehead atoms. The SMILES string of the molecule is COC1C(COP(=O)([O-])OP([O-])(=S)OP(=O)([O-])OCC2OC(n3cnc4c(N)ncnc43)C(OC)C2OP(=O)([O-])OCC2OC(n3cnc4c(=O)[nH]c(N)nc43)C(O)C2O)OC([n+]2cn(C)c3c(=O)[nH]c(N)nc32)C1O. The maximum absolute atomic E-state index is 13.6. The van der Waals surface area contributed by atoms with Crippen molar-refractivity contribution in [3.63, 3.8) is 0 Å². The van der Waals surface area contributed by atoms with Crippen molar-refractivity contribution in [2.24, 2.45) is 7.05 Å². The predicted octanol–water partition coefficient (Wildman–Crippen LogP) is -6.47. The first-order valence-electron chi connectivity index (χ1n) is 21.5. The molecule has 3 aliphatic rings. The van der Waals surface area contributed by atoms with Gasteiger partial charge in [-0.25, -0.2) is 24.5 Å². The Morgan fingerprint density at radius 2 is 1.28 bits per heavy atom. The highest BCUT2D eigenvalue weighted by molar-refractivity contribution is 8.09. The number of anilines is 3. The maximum Gasteiger partial charge on any atom is 0.313 e. The first-order valence-corrected chi connectivity index (χ1v) is 28.4. The third-order valence-corrected chi connectivity index (χ3v) is 18.1. The molecule has 3 fully saturated rings. The Labute approximate surface area is 427 Å². The number of nitrogens with one attached hydrogen (secondary N) is 2. The number of nitrogens with zero attached hydrogens (tertiary/aromatic N) is 10. The molecule has 0 spiro atoms. The molecule has 16 unspecified atom stereocenters. The van der Waals surface area contributed by atoms with Crippen LogP contribution in [0.3, 0.4) is 0 Å². The van der Waals surface area contributed by atoms with Gasteiger partial charge in [0.25, 0.3) is 40.5 Å². The van der Waals surface area contributed by atoms with Crippen LogP contribution in [-0.4, -0.2) is 158 Å². The Hall–Kier alpha value is -4.73. The second-order valence-electron chi connectivity index (χ2n) is 16.6. The monoisotopic (exact) mass is 1170 g/mol. The normalized spacial score (nSPS) is 30.2. The molecular weight excluding hydrogens is 1130 g/mol. The Morgan fingerprint density at radius 3 is 1.93 bits per heavy atom. The van der Waals surface area contributed by atoms with Gasteiger partial charge in [-0.1, -0.05) is 16.8 Å². The highest BCUT2D eigenvalue weighted by Crippen LogP contribution is 2.63. The summed E-state index contributed by atoms with van der Waals surface area (Å²) in [7, 11) is -14.0. The minimum atomic E-state index is -6.10. The molecule has 6 aromatic heterocycles. The van der Waals surface area contributed by atoms with Crippen LogP contribution in [0, 0.1) is 0 Å². The Bertz CT molecular complexity index is 3490.